The highest BCUT2D eigenvalue weighted by atomic mass is 127. The summed E-state index contributed by atoms with van der Waals surface area (Å²) in [5.41, 5.74) is 0.0902. The summed E-state index contributed by atoms with van der Waals surface area (Å²) in [4.78, 5) is 26.3. The third-order valence-electron chi connectivity index (χ3n) is 4.90. The second-order valence-corrected chi connectivity index (χ2v) is 9.45. The van der Waals surface area contributed by atoms with Gasteiger partial charge in [-0.15, -0.1) is 0 Å². The number of carbonyl (C=O) groups is 1. The lowest BCUT2D eigenvalue weighted by Crippen LogP contribution is -2.32. The van der Waals surface area contributed by atoms with Crippen molar-refractivity contribution < 1.29 is 18.3 Å². The first-order chi connectivity index (χ1) is 15.1. The normalized spacial score (nSPS) is 15.7. The SMILES string of the molecule is CC(=S)NC[C@H]1CN(c2cc(F)c(Nc3cc(C(C)C)c(I)ccc3=O)c(F)c2)C(=O)O1. The predicted molar refractivity (Wildman–Crippen MR) is 133 cm³/mol. The van der Waals surface area contributed by atoms with Gasteiger partial charge in [0.2, 0.25) is 5.43 Å². The highest BCUT2D eigenvalue weighted by Gasteiger charge is 2.33. The molecule has 32 heavy (non-hydrogen) atoms. The van der Waals surface area contributed by atoms with E-state index in [0.717, 1.165) is 26.2 Å². The number of ether oxygens (including phenoxy) is 1. The summed E-state index contributed by atoms with van der Waals surface area (Å²) in [5.74, 6) is -1.76. The van der Waals surface area contributed by atoms with Crippen molar-refractivity contribution in [3.8, 4) is 0 Å². The van der Waals surface area contributed by atoms with Gasteiger partial charge in [-0.3, -0.25) is 9.69 Å². The smallest absolute Gasteiger partial charge is 0.414 e. The summed E-state index contributed by atoms with van der Waals surface area (Å²) < 4.78 is 35.8. The molecule has 3 rings (SSSR count). The molecule has 2 aromatic carbocycles. The third-order valence-corrected chi connectivity index (χ3v) is 6.02. The predicted octanol–water partition coefficient (Wildman–Crippen LogP) is 5.06. The molecule has 170 valence electrons. The van der Waals surface area contributed by atoms with Gasteiger partial charge >= 0.3 is 6.09 Å². The number of halogens is 3. The lowest BCUT2D eigenvalue weighted by Gasteiger charge is -2.16. The minimum Gasteiger partial charge on any atom is -0.442 e. The van der Waals surface area contributed by atoms with Crippen molar-refractivity contribution in [2.24, 2.45) is 0 Å². The largest absolute Gasteiger partial charge is 0.442 e. The van der Waals surface area contributed by atoms with Crippen molar-refractivity contribution in [1.29, 1.82) is 0 Å². The number of cyclic esters (lactones) is 1. The van der Waals surface area contributed by atoms with Gasteiger partial charge in [-0.05, 0) is 59.2 Å². The Morgan fingerprint density at radius 3 is 2.50 bits per heavy atom. The Balaban J connectivity index is 1.89. The van der Waals surface area contributed by atoms with E-state index in [1.54, 1.807) is 19.1 Å². The Morgan fingerprint density at radius 1 is 1.25 bits per heavy atom. The molecule has 0 spiro atoms. The van der Waals surface area contributed by atoms with Crippen LogP contribution in [0.5, 0.6) is 0 Å². The van der Waals surface area contributed by atoms with E-state index in [2.05, 4.69) is 33.2 Å². The van der Waals surface area contributed by atoms with E-state index in [9.17, 15) is 18.4 Å². The standard InChI is InChI=1S/C22H22F2IN3O3S/c1-11(2)15-8-19(20(29)5-4-18(15)25)27-21-16(23)6-13(7-17(21)24)28-10-14(31-22(28)30)9-26-12(3)32/h4-8,11,14H,9-10H2,1-3H3,(H,26,32)(H,27,29)/t14-/m0/s1. The fourth-order valence-corrected chi connectivity index (χ4v) is 4.28. The molecule has 0 aliphatic carbocycles. The molecule has 0 radical (unpaired) electrons. The summed E-state index contributed by atoms with van der Waals surface area (Å²) in [6, 6.07) is 6.71. The van der Waals surface area contributed by atoms with Crippen molar-refractivity contribution in [1.82, 2.24) is 5.32 Å². The lowest BCUT2D eigenvalue weighted by molar-refractivity contribution is 0.143. The average Bonchev–Trinajstić information content (AvgIpc) is 3.02. The zero-order valence-corrected chi connectivity index (χ0v) is 20.6. The highest BCUT2D eigenvalue weighted by Crippen LogP contribution is 2.31. The van der Waals surface area contributed by atoms with Crippen LogP contribution in [0.1, 0.15) is 32.3 Å². The first-order valence-electron chi connectivity index (χ1n) is 9.89. The van der Waals surface area contributed by atoms with Gasteiger partial charge in [0.1, 0.15) is 11.8 Å². The number of nitrogens with zero attached hydrogens (tertiary/aromatic N) is 1. The van der Waals surface area contributed by atoms with Crippen molar-refractivity contribution in [3.05, 3.63) is 61.3 Å². The van der Waals surface area contributed by atoms with Crippen LogP contribution in [0.4, 0.5) is 30.6 Å². The van der Waals surface area contributed by atoms with Crippen LogP contribution in [0.25, 0.3) is 0 Å². The molecule has 0 saturated carbocycles. The van der Waals surface area contributed by atoms with Gasteiger partial charge in [0.25, 0.3) is 0 Å². The maximum atomic E-state index is 14.9. The summed E-state index contributed by atoms with van der Waals surface area (Å²) in [6.45, 7) is 6.05. The Hall–Kier alpha value is -2.34. The Bertz CT molecular complexity index is 1110. The number of nitrogens with one attached hydrogen (secondary N) is 2. The quantitative estimate of drug-likeness (QED) is 0.372. The molecule has 1 saturated heterocycles. The van der Waals surface area contributed by atoms with E-state index in [0.29, 0.717) is 11.5 Å². The summed E-state index contributed by atoms with van der Waals surface area (Å²) >= 11 is 7.06. The highest BCUT2D eigenvalue weighted by molar-refractivity contribution is 14.1. The van der Waals surface area contributed by atoms with Gasteiger partial charge in [-0.1, -0.05) is 26.1 Å². The fraction of sp³-hybridized carbons (Fsp3) is 0.318. The summed E-state index contributed by atoms with van der Waals surface area (Å²) in [7, 11) is 0. The molecule has 0 unspecified atom stereocenters. The number of benzene rings is 1. The van der Waals surface area contributed by atoms with E-state index in [1.807, 2.05) is 13.8 Å². The molecule has 0 bridgehead atoms. The van der Waals surface area contributed by atoms with Crippen LogP contribution >= 0.6 is 34.8 Å². The van der Waals surface area contributed by atoms with Gasteiger partial charge in [-0.25, -0.2) is 13.6 Å². The van der Waals surface area contributed by atoms with E-state index >= 15 is 0 Å². The van der Waals surface area contributed by atoms with Crippen LogP contribution in [0.3, 0.4) is 0 Å². The Kier molecular flexibility index (Phi) is 7.65. The maximum absolute atomic E-state index is 14.9. The van der Waals surface area contributed by atoms with Crippen LogP contribution in [-0.2, 0) is 4.74 Å². The van der Waals surface area contributed by atoms with Crippen molar-refractivity contribution in [2.45, 2.75) is 32.8 Å². The second kappa shape index (κ2) is 10.1. The maximum Gasteiger partial charge on any atom is 0.414 e. The number of amides is 1. The number of hydrogen-bond donors (Lipinski definition) is 2. The zero-order valence-electron chi connectivity index (χ0n) is 17.7. The Labute approximate surface area is 203 Å². The molecule has 6 nitrogen and oxygen atoms in total. The van der Waals surface area contributed by atoms with Gasteiger partial charge in [-0.2, -0.15) is 0 Å². The van der Waals surface area contributed by atoms with Crippen LogP contribution in [0.15, 0.2) is 35.1 Å². The summed E-state index contributed by atoms with van der Waals surface area (Å²) in [6.07, 6.45) is -1.21. The molecule has 2 N–H and O–H groups in total. The van der Waals surface area contributed by atoms with Crippen LogP contribution in [-0.4, -0.2) is 30.3 Å². The van der Waals surface area contributed by atoms with E-state index in [1.165, 1.54) is 6.07 Å². The molecule has 1 aliphatic rings. The van der Waals surface area contributed by atoms with Crippen LogP contribution in [0.2, 0.25) is 0 Å². The third kappa shape index (κ3) is 5.52. The molecule has 1 aliphatic heterocycles. The van der Waals surface area contributed by atoms with Crippen LogP contribution in [0, 0.1) is 15.2 Å². The average molecular weight is 573 g/mol. The monoisotopic (exact) mass is 573 g/mol. The first kappa shape index (κ1) is 24.3. The Morgan fingerprint density at radius 2 is 1.91 bits per heavy atom. The van der Waals surface area contributed by atoms with Crippen LogP contribution < -0.4 is 21.0 Å². The molecule has 2 aromatic rings. The van der Waals surface area contributed by atoms with E-state index in [-0.39, 0.29) is 23.8 Å². The fourth-order valence-electron chi connectivity index (χ4n) is 3.24. The molecule has 0 aromatic heterocycles. The molecule has 1 heterocycles. The molecular formula is C22H22F2IN3O3S. The van der Waals surface area contributed by atoms with Crippen molar-refractivity contribution >= 4 is 63.0 Å². The number of hydrogen-bond acceptors (Lipinski definition) is 5. The van der Waals surface area contributed by atoms with E-state index in [4.69, 9.17) is 17.0 Å². The molecular weight excluding hydrogens is 551 g/mol. The number of thiocarbonyl (C=S) groups is 1. The van der Waals surface area contributed by atoms with Crippen molar-refractivity contribution in [2.75, 3.05) is 23.3 Å². The second-order valence-electron chi connectivity index (χ2n) is 7.68. The van der Waals surface area contributed by atoms with Gasteiger partial charge in [0, 0.05) is 15.7 Å². The number of anilines is 3. The summed E-state index contributed by atoms with van der Waals surface area (Å²) in [5, 5.41) is 5.50. The first-order valence-corrected chi connectivity index (χ1v) is 11.4. The molecule has 1 amide bonds. The van der Waals surface area contributed by atoms with Gasteiger partial charge in [0.15, 0.2) is 11.6 Å². The topological polar surface area (TPSA) is 70.7 Å². The lowest BCUT2D eigenvalue weighted by atomic mass is 10.1. The zero-order chi connectivity index (χ0) is 23.6. The van der Waals surface area contributed by atoms with E-state index < -0.39 is 34.9 Å². The minimum absolute atomic E-state index is 0.0236. The molecule has 1 atom stereocenters. The number of carbonyl (C=O) groups excluding carboxylic acids is 1. The van der Waals surface area contributed by atoms with Gasteiger partial charge in [0.05, 0.1) is 29.5 Å². The van der Waals surface area contributed by atoms with Gasteiger partial charge < -0.3 is 15.4 Å². The molecule has 10 heteroatoms. The molecule has 1 fully saturated rings. The number of rotatable bonds is 6. The van der Waals surface area contributed by atoms with Crippen molar-refractivity contribution in [3.63, 3.8) is 0 Å². The minimum atomic E-state index is -0.934.